The first-order valence-corrected chi connectivity index (χ1v) is 6.61. The second kappa shape index (κ2) is 4.82. The van der Waals surface area contributed by atoms with Crippen molar-refractivity contribution in [2.45, 2.75) is 5.09 Å². The predicted octanol–water partition coefficient (Wildman–Crippen LogP) is 1.32. The molecule has 0 fully saturated rings. The molecule has 0 atom stereocenters. The Kier molecular flexibility index (Phi) is 3.36. The fourth-order valence-electron chi connectivity index (χ4n) is 1.34. The molecule has 100 valence electrons. The molecule has 0 saturated carbocycles. The van der Waals surface area contributed by atoms with Gasteiger partial charge in [0.05, 0.1) is 5.69 Å². The normalized spacial score (nSPS) is 11.3. The lowest BCUT2D eigenvalue weighted by Gasteiger charge is -2.03. The van der Waals surface area contributed by atoms with E-state index >= 15 is 0 Å². The Morgan fingerprint density at radius 1 is 1.21 bits per heavy atom. The lowest BCUT2D eigenvalue weighted by atomic mass is 10.3. The van der Waals surface area contributed by atoms with Gasteiger partial charge in [-0.1, -0.05) is 12.1 Å². The van der Waals surface area contributed by atoms with Crippen molar-refractivity contribution in [1.29, 1.82) is 0 Å². The van der Waals surface area contributed by atoms with Gasteiger partial charge in [0.1, 0.15) is 5.82 Å². The van der Waals surface area contributed by atoms with E-state index in [-0.39, 0.29) is 11.4 Å². The Bertz CT molecular complexity index is 724. The molecule has 0 aliphatic rings. The molecule has 2 aromatic rings. The average Bonchev–Trinajstić information content (AvgIpc) is 2.81. The highest BCUT2D eigenvalue weighted by molar-refractivity contribution is 7.89. The number of sulfonamides is 1. The van der Waals surface area contributed by atoms with Crippen LogP contribution in [0.1, 0.15) is 10.6 Å². The first-order valence-electron chi connectivity index (χ1n) is 5.06. The van der Waals surface area contributed by atoms with Gasteiger partial charge in [-0.05, 0) is 24.3 Å². The number of benzene rings is 1. The Hall–Kier alpha value is -2.19. The van der Waals surface area contributed by atoms with Crippen LogP contribution in [-0.4, -0.2) is 14.3 Å². The van der Waals surface area contributed by atoms with E-state index in [1.54, 1.807) is 0 Å². The third-order valence-electron chi connectivity index (χ3n) is 2.21. The van der Waals surface area contributed by atoms with Gasteiger partial charge in [-0.3, -0.25) is 4.79 Å². The van der Waals surface area contributed by atoms with E-state index in [1.807, 2.05) is 0 Å². The fourth-order valence-corrected chi connectivity index (χ4v) is 1.81. The molecule has 1 aromatic heterocycles. The molecule has 0 radical (unpaired) electrons. The molecule has 1 heterocycles. The minimum Gasteiger partial charge on any atom is -0.438 e. The van der Waals surface area contributed by atoms with Gasteiger partial charge in [0.15, 0.2) is 5.76 Å². The minimum atomic E-state index is -4.02. The maximum atomic E-state index is 13.3. The van der Waals surface area contributed by atoms with Gasteiger partial charge in [-0.25, -0.2) is 17.9 Å². The molecule has 8 heteroatoms. The summed E-state index contributed by atoms with van der Waals surface area (Å²) in [6, 6.07) is 7.72. The number of amides is 1. The third-order valence-corrected chi connectivity index (χ3v) is 2.99. The number of hydrogen-bond donors (Lipinski definition) is 2. The summed E-state index contributed by atoms with van der Waals surface area (Å²) in [6.07, 6.45) is 0. The zero-order valence-corrected chi connectivity index (χ0v) is 10.3. The van der Waals surface area contributed by atoms with Crippen molar-refractivity contribution in [2.24, 2.45) is 5.14 Å². The molecular formula is C11H9FN2O4S. The zero-order chi connectivity index (χ0) is 14.0. The first kappa shape index (κ1) is 13.2. The molecule has 1 aromatic carbocycles. The largest absolute Gasteiger partial charge is 0.438 e. The monoisotopic (exact) mass is 284 g/mol. The smallest absolute Gasteiger partial charge is 0.291 e. The van der Waals surface area contributed by atoms with Crippen LogP contribution in [0.25, 0.3) is 0 Å². The molecule has 1 amide bonds. The van der Waals surface area contributed by atoms with Gasteiger partial charge < -0.3 is 9.73 Å². The molecule has 6 nitrogen and oxygen atoms in total. The Morgan fingerprint density at radius 2 is 1.89 bits per heavy atom. The van der Waals surface area contributed by atoms with Crippen LogP contribution in [-0.2, 0) is 10.0 Å². The number of anilines is 1. The second-order valence-corrected chi connectivity index (χ2v) is 5.09. The number of nitrogens with two attached hydrogens (primary N) is 1. The van der Waals surface area contributed by atoms with Crippen LogP contribution >= 0.6 is 0 Å². The van der Waals surface area contributed by atoms with E-state index in [9.17, 15) is 17.6 Å². The summed E-state index contributed by atoms with van der Waals surface area (Å²) in [6.45, 7) is 0. The highest BCUT2D eigenvalue weighted by Crippen LogP contribution is 2.16. The van der Waals surface area contributed by atoms with E-state index in [0.29, 0.717) is 0 Å². The quantitative estimate of drug-likeness (QED) is 0.887. The van der Waals surface area contributed by atoms with E-state index in [4.69, 9.17) is 9.56 Å². The van der Waals surface area contributed by atoms with Crippen LogP contribution in [0, 0.1) is 5.82 Å². The van der Waals surface area contributed by atoms with E-state index in [2.05, 4.69) is 5.32 Å². The standard InChI is InChI=1S/C11H9FN2O4S/c12-7-3-1-2-4-8(7)14-11(15)9-5-6-10(18-9)19(13,16)17/h1-6H,(H,14,15)(H2,13,16,17). The van der Waals surface area contributed by atoms with Crippen LogP contribution in [0.4, 0.5) is 10.1 Å². The molecular weight excluding hydrogens is 275 g/mol. The minimum absolute atomic E-state index is 0.0407. The molecule has 3 N–H and O–H groups in total. The summed E-state index contributed by atoms with van der Waals surface area (Å²) in [5.41, 5.74) is -0.0407. The number of carbonyl (C=O) groups is 1. The van der Waals surface area contributed by atoms with Crippen LogP contribution in [0.3, 0.4) is 0 Å². The molecule has 0 saturated heterocycles. The van der Waals surface area contributed by atoms with E-state index in [1.165, 1.54) is 24.3 Å². The Morgan fingerprint density at radius 3 is 2.47 bits per heavy atom. The van der Waals surface area contributed by atoms with Crippen molar-refractivity contribution in [2.75, 3.05) is 5.32 Å². The van der Waals surface area contributed by atoms with Gasteiger partial charge in [0.2, 0.25) is 5.09 Å². The topological polar surface area (TPSA) is 102 Å². The summed E-state index contributed by atoms with van der Waals surface area (Å²) in [7, 11) is -4.02. The molecule has 2 rings (SSSR count). The number of rotatable bonds is 3. The van der Waals surface area contributed by atoms with Gasteiger partial charge in [-0.2, -0.15) is 0 Å². The molecule has 0 bridgehead atoms. The lowest BCUT2D eigenvalue weighted by Crippen LogP contribution is -2.13. The van der Waals surface area contributed by atoms with Gasteiger partial charge in [-0.15, -0.1) is 0 Å². The molecule has 0 unspecified atom stereocenters. The summed E-state index contributed by atoms with van der Waals surface area (Å²) >= 11 is 0. The third kappa shape index (κ3) is 2.98. The van der Waals surface area contributed by atoms with Crippen LogP contribution in [0.2, 0.25) is 0 Å². The Balaban J connectivity index is 2.22. The number of para-hydroxylation sites is 1. The lowest BCUT2D eigenvalue weighted by molar-refractivity contribution is 0.0991. The molecule has 0 aliphatic carbocycles. The summed E-state index contributed by atoms with van der Waals surface area (Å²) in [4.78, 5) is 11.7. The first-order chi connectivity index (χ1) is 8.88. The van der Waals surface area contributed by atoms with Crippen LogP contribution in [0.5, 0.6) is 0 Å². The molecule has 0 aliphatic heterocycles. The van der Waals surface area contributed by atoms with Crippen molar-refractivity contribution in [3.63, 3.8) is 0 Å². The number of halogens is 1. The Labute approximate surface area is 108 Å². The summed E-state index contributed by atoms with van der Waals surface area (Å²) < 4.78 is 40.0. The van der Waals surface area contributed by atoms with Gasteiger partial charge in [0, 0.05) is 0 Å². The number of nitrogens with one attached hydrogen (secondary N) is 1. The zero-order valence-electron chi connectivity index (χ0n) is 9.46. The number of furan rings is 1. The van der Waals surface area contributed by atoms with Crippen LogP contribution < -0.4 is 10.5 Å². The molecule has 0 spiro atoms. The van der Waals surface area contributed by atoms with E-state index in [0.717, 1.165) is 12.1 Å². The van der Waals surface area contributed by atoms with Crippen molar-refractivity contribution >= 4 is 21.6 Å². The highest BCUT2D eigenvalue weighted by Gasteiger charge is 2.18. The van der Waals surface area contributed by atoms with Crippen molar-refractivity contribution in [3.8, 4) is 0 Å². The van der Waals surface area contributed by atoms with Crippen LogP contribution in [0.15, 0.2) is 45.9 Å². The number of primary sulfonamides is 1. The highest BCUT2D eigenvalue weighted by atomic mass is 32.2. The van der Waals surface area contributed by atoms with Crippen molar-refractivity contribution < 1.29 is 22.0 Å². The fraction of sp³-hybridized carbons (Fsp3) is 0. The SMILES string of the molecule is NS(=O)(=O)c1ccc(C(=O)Nc2ccccc2F)o1. The van der Waals surface area contributed by atoms with Crippen molar-refractivity contribution in [3.05, 3.63) is 48.0 Å². The maximum absolute atomic E-state index is 13.3. The van der Waals surface area contributed by atoms with Gasteiger partial charge in [0.25, 0.3) is 15.9 Å². The number of hydrogen-bond acceptors (Lipinski definition) is 4. The van der Waals surface area contributed by atoms with Crippen molar-refractivity contribution in [1.82, 2.24) is 0 Å². The van der Waals surface area contributed by atoms with E-state index < -0.39 is 26.8 Å². The second-order valence-electron chi connectivity index (χ2n) is 3.60. The molecule has 19 heavy (non-hydrogen) atoms. The maximum Gasteiger partial charge on any atom is 0.291 e. The van der Waals surface area contributed by atoms with Gasteiger partial charge >= 0.3 is 0 Å². The predicted molar refractivity (Wildman–Crippen MR) is 64.4 cm³/mol. The summed E-state index contributed by atoms with van der Waals surface area (Å²) in [5.74, 6) is -1.68. The number of carbonyl (C=O) groups excluding carboxylic acids is 1. The summed E-state index contributed by atoms with van der Waals surface area (Å²) in [5, 5.41) is 6.55. The average molecular weight is 284 g/mol.